The van der Waals surface area contributed by atoms with Gasteiger partial charge in [-0.3, -0.25) is 4.90 Å². The first-order chi connectivity index (χ1) is 11.7. The third kappa shape index (κ3) is 4.66. The number of amides is 1. The molecule has 138 valence electrons. The molecule has 2 fully saturated rings. The van der Waals surface area contributed by atoms with Crippen molar-refractivity contribution >= 4 is 6.09 Å². The lowest BCUT2D eigenvalue weighted by Gasteiger charge is -2.27. The van der Waals surface area contributed by atoms with Crippen LogP contribution in [-0.2, 0) is 9.47 Å². The van der Waals surface area contributed by atoms with Crippen LogP contribution >= 0.6 is 0 Å². The number of hydrogen-bond acceptors (Lipinski definition) is 4. The van der Waals surface area contributed by atoms with Gasteiger partial charge in [0.2, 0.25) is 0 Å². The van der Waals surface area contributed by atoms with Gasteiger partial charge in [0, 0.05) is 6.42 Å². The van der Waals surface area contributed by atoms with Crippen LogP contribution in [0.2, 0.25) is 0 Å². The zero-order valence-corrected chi connectivity index (χ0v) is 15.8. The summed E-state index contributed by atoms with van der Waals surface area (Å²) in [5.74, 6) is 1.34. The van der Waals surface area contributed by atoms with Gasteiger partial charge in [0.1, 0.15) is 23.6 Å². The van der Waals surface area contributed by atoms with E-state index in [2.05, 4.69) is 26.0 Å². The second-order valence-corrected chi connectivity index (χ2v) is 8.27. The Kier molecular flexibility index (Phi) is 4.96. The maximum atomic E-state index is 12.5. The molecule has 2 saturated heterocycles. The fourth-order valence-corrected chi connectivity index (χ4v) is 3.20. The predicted octanol–water partition coefficient (Wildman–Crippen LogP) is 3.97. The molecule has 0 radical (unpaired) electrons. The summed E-state index contributed by atoms with van der Waals surface area (Å²) in [5, 5.41) is 0. The number of carbonyl (C=O) groups excluding carboxylic acids is 1. The smallest absolute Gasteiger partial charge is 0.410 e. The summed E-state index contributed by atoms with van der Waals surface area (Å²) in [4.78, 5) is 14.3. The van der Waals surface area contributed by atoms with Crippen LogP contribution in [0.3, 0.4) is 0 Å². The third-order valence-corrected chi connectivity index (χ3v) is 4.57. The van der Waals surface area contributed by atoms with Gasteiger partial charge in [-0.1, -0.05) is 26.0 Å². The predicted molar refractivity (Wildman–Crippen MR) is 96.0 cm³/mol. The molecule has 0 aliphatic carbocycles. The molecule has 0 aromatic heterocycles. The van der Waals surface area contributed by atoms with Crippen molar-refractivity contribution in [2.24, 2.45) is 0 Å². The molecule has 2 aliphatic heterocycles. The first-order valence-electron chi connectivity index (χ1n) is 9.11. The van der Waals surface area contributed by atoms with Crippen LogP contribution in [0.15, 0.2) is 24.3 Å². The summed E-state index contributed by atoms with van der Waals surface area (Å²) in [7, 11) is 0. The SMILES string of the molecule is CC(C)c1ccc(O[C@@H]2C[C@@H](C3CO3)N(C(=O)OC(C)(C)C)C2)cc1. The molecule has 5 nitrogen and oxygen atoms in total. The van der Waals surface area contributed by atoms with Gasteiger partial charge < -0.3 is 14.2 Å². The fraction of sp³-hybridized carbons (Fsp3) is 0.650. The molecular formula is C20H29NO4. The summed E-state index contributed by atoms with van der Waals surface area (Å²) in [6.07, 6.45) is 0.570. The quantitative estimate of drug-likeness (QED) is 0.774. The van der Waals surface area contributed by atoms with Crippen LogP contribution in [0.1, 0.15) is 52.5 Å². The van der Waals surface area contributed by atoms with E-state index >= 15 is 0 Å². The summed E-state index contributed by atoms with van der Waals surface area (Å²) >= 11 is 0. The molecule has 25 heavy (non-hydrogen) atoms. The Morgan fingerprint density at radius 2 is 1.88 bits per heavy atom. The van der Waals surface area contributed by atoms with Crippen molar-refractivity contribution in [2.45, 2.75) is 70.8 Å². The van der Waals surface area contributed by atoms with Gasteiger partial charge in [0.25, 0.3) is 0 Å². The van der Waals surface area contributed by atoms with Crippen molar-refractivity contribution in [3.63, 3.8) is 0 Å². The molecule has 1 unspecified atom stereocenters. The zero-order valence-electron chi connectivity index (χ0n) is 15.8. The molecule has 0 saturated carbocycles. The van der Waals surface area contributed by atoms with Crippen molar-refractivity contribution in [1.29, 1.82) is 0 Å². The van der Waals surface area contributed by atoms with Crippen LogP contribution in [0.4, 0.5) is 4.79 Å². The summed E-state index contributed by atoms with van der Waals surface area (Å²) in [6.45, 7) is 11.2. The third-order valence-electron chi connectivity index (χ3n) is 4.57. The van der Waals surface area contributed by atoms with Crippen molar-refractivity contribution < 1.29 is 19.0 Å². The number of nitrogens with zero attached hydrogens (tertiary/aromatic N) is 1. The summed E-state index contributed by atoms with van der Waals surface area (Å²) in [5.41, 5.74) is 0.788. The number of carbonyl (C=O) groups is 1. The number of hydrogen-bond donors (Lipinski definition) is 0. The highest BCUT2D eigenvalue weighted by molar-refractivity contribution is 5.69. The van der Waals surface area contributed by atoms with E-state index < -0.39 is 5.60 Å². The van der Waals surface area contributed by atoms with E-state index in [4.69, 9.17) is 14.2 Å². The maximum Gasteiger partial charge on any atom is 0.410 e. The number of epoxide rings is 1. The standard InChI is InChI=1S/C20H29NO4/c1-13(2)14-6-8-15(9-7-14)24-16-10-17(18-12-23-18)21(11-16)19(22)25-20(3,4)5/h6-9,13,16-18H,10-12H2,1-5H3/t16-,17+,18?/m1/s1. The van der Waals surface area contributed by atoms with Crippen molar-refractivity contribution in [3.8, 4) is 5.75 Å². The van der Waals surface area contributed by atoms with Crippen LogP contribution in [-0.4, -0.2) is 48.0 Å². The van der Waals surface area contributed by atoms with Crippen molar-refractivity contribution in [1.82, 2.24) is 4.90 Å². The lowest BCUT2D eigenvalue weighted by Crippen LogP contribution is -2.42. The molecular weight excluding hydrogens is 318 g/mol. The Morgan fingerprint density at radius 1 is 1.24 bits per heavy atom. The van der Waals surface area contributed by atoms with Crippen molar-refractivity contribution in [3.05, 3.63) is 29.8 Å². The largest absolute Gasteiger partial charge is 0.489 e. The average Bonchev–Trinajstić information content (AvgIpc) is 3.27. The zero-order chi connectivity index (χ0) is 18.2. The minimum absolute atomic E-state index is 0.0355. The second kappa shape index (κ2) is 6.87. The van der Waals surface area contributed by atoms with Crippen LogP contribution in [0, 0.1) is 0 Å². The molecule has 2 aliphatic rings. The van der Waals surface area contributed by atoms with Gasteiger partial charge in [-0.05, 0) is 44.4 Å². The van der Waals surface area contributed by atoms with Gasteiger partial charge >= 0.3 is 6.09 Å². The highest BCUT2D eigenvalue weighted by Crippen LogP contribution is 2.32. The molecule has 0 N–H and O–H groups in total. The lowest BCUT2D eigenvalue weighted by atomic mass is 10.0. The van der Waals surface area contributed by atoms with Gasteiger partial charge in [-0.15, -0.1) is 0 Å². The topological polar surface area (TPSA) is 51.3 Å². The molecule has 5 heteroatoms. The van der Waals surface area contributed by atoms with E-state index in [1.807, 2.05) is 32.9 Å². The Hall–Kier alpha value is -1.75. The van der Waals surface area contributed by atoms with Gasteiger partial charge in [0.15, 0.2) is 0 Å². The van der Waals surface area contributed by atoms with E-state index in [1.165, 1.54) is 5.56 Å². The van der Waals surface area contributed by atoms with Crippen LogP contribution < -0.4 is 4.74 Å². The van der Waals surface area contributed by atoms with Gasteiger partial charge in [0.05, 0.1) is 19.2 Å². The van der Waals surface area contributed by atoms with E-state index in [1.54, 1.807) is 4.90 Å². The van der Waals surface area contributed by atoms with Crippen molar-refractivity contribution in [2.75, 3.05) is 13.2 Å². The number of rotatable bonds is 4. The summed E-state index contributed by atoms with van der Waals surface area (Å²) < 4.78 is 17.1. The number of benzene rings is 1. The number of likely N-dealkylation sites (tertiary alicyclic amines) is 1. The molecule has 3 atom stereocenters. The van der Waals surface area contributed by atoms with Gasteiger partial charge in [-0.2, -0.15) is 0 Å². The van der Waals surface area contributed by atoms with Crippen LogP contribution in [0.25, 0.3) is 0 Å². The Labute approximate surface area is 150 Å². The minimum Gasteiger partial charge on any atom is -0.489 e. The van der Waals surface area contributed by atoms with E-state index in [0.29, 0.717) is 19.1 Å². The molecule has 3 rings (SSSR count). The Morgan fingerprint density at radius 3 is 2.40 bits per heavy atom. The van der Waals surface area contributed by atoms with E-state index in [9.17, 15) is 4.79 Å². The Balaban J connectivity index is 1.64. The van der Waals surface area contributed by atoms with E-state index in [-0.39, 0.29) is 24.3 Å². The fourth-order valence-electron chi connectivity index (χ4n) is 3.20. The first kappa shape index (κ1) is 18.1. The maximum absolute atomic E-state index is 12.5. The molecule has 0 spiro atoms. The molecule has 0 bridgehead atoms. The Bertz CT molecular complexity index is 601. The normalized spacial score (nSPS) is 26.0. The monoisotopic (exact) mass is 347 g/mol. The van der Waals surface area contributed by atoms with E-state index in [0.717, 1.165) is 12.2 Å². The highest BCUT2D eigenvalue weighted by atomic mass is 16.6. The molecule has 1 aromatic rings. The molecule has 2 heterocycles. The van der Waals surface area contributed by atoms with Gasteiger partial charge in [-0.25, -0.2) is 4.79 Å². The summed E-state index contributed by atoms with van der Waals surface area (Å²) in [6, 6.07) is 8.25. The first-order valence-corrected chi connectivity index (χ1v) is 9.11. The second-order valence-electron chi connectivity index (χ2n) is 8.27. The highest BCUT2D eigenvalue weighted by Gasteiger charge is 2.47. The molecule has 1 amide bonds. The molecule has 1 aromatic carbocycles. The average molecular weight is 347 g/mol. The lowest BCUT2D eigenvalue weighted by molar-refractivity contribution is 0.0192. The van der Waals surface area contributed by atoms with Crippen LogP contribution in [0.5, 0.6) is 5.75 Å². The number of ether oxygens (including phenoxy) is 3. The minimum atomic E-state index is -0.502.